The highest BCUT2D eigenvalue weighted by Gasteiger charge is 2.28. The van der Waals surface area contributed by atoms with Crippen LogP contribution in [-0.4, -0.2) is 57.7 Å². The van der Waals surface area contributed by atoms with Crippen LogP contribution in [0.25, 0.3) is 5.69 Å². The van der Waals surface area contributed by atoms with Gasteiger partial charge in [-0.25, -0.2) is 4.68 Å². The minimum atomic E-state index is 0.146. The summed E-state index contributed by atoms with van der Waals surface area (Å²) in [6.45, 7) is 3.72. The van der Waals surface area contributed by atoms with Gasteiger partial charge in [0.15, 0.2) is 0 Å². The number of hydrogen-bond acceptors (Lipinski definition) is 3. The molecule has 24 heavy (non-hydrogen) atoms. The van der Waals surface area contributed by atoms with Gasteiger partial charge in [-0.3, -0.25) is 9.69 Å². The fourth-order valence-electron chi connectivity index (χ4n) is 3.92. The average molecular weight is 324 g/mol. The van der Waals surface area contributed by atoms with Crippen LogP contribution in [-0.2, 0) is 0 Å². The second-order valence-electron chi connectivity index (χ2n) is 6.76. The average Bonchev–Trinajstić information content (AvgIpc) is 3.35. The number of carbonyl (C=O) groups is 1. The van der Waals surface area contributed by atoms with E-state index in [4.69, 9.17) is 0 Å². The molecule has 1 aliphatic heterocycles. The minimum absolute atomic E-state index is 0.146. The number of nitrogens with zero attached hydrogens (tertiary/aromatic N) is 4. The van der Waals surface area contributed by atoms with E-state index in [1.165, 1.54) is 25.7 Å². The van der Waals surface area contributed by atoms with Gasteiger partial charge in [-0.05, 0) is 43.2 Å². The second-order valence-corrected chi connectivity index (χ2v) is 6.76. The molecule has 126 valence electrons. The van der Waals surface area contributed by atoms with Crippen LogP contribution in [0.1, 0.15) is 36.0 Å². The molecule has 1 saturated heterocycles. The van der Waals surface area contributed by atoms with E-state index in [2.05, 4.69) is 10.00 Å². The molecule has 2 aliphatic rings. The van der Waals surface area contributed by atoms with Gasteiger partial charge in [0, 0.05) is 50.2 Å². The molecule has 1 aliphatic carbocycles. The van der Waals surface area contributed by atoms with E-state index in [1.54, 1.807) is 10.9 Å². The van der Waals surface area contributed by atoms with Gasteiger partial charge in [0.05, 0.1) is 5.69 Å². The Morgan fingerprint density at radius 3 is 2.33 bits per heavy atom. The van der Waals surface area contributed by atoms with Crippen molar-refractivity contribution in [3.63, 3.8) is 0 Å². The lowest BCUT2D eigenvalue weighted by atomic mass is 10.1. The lowest BCUT2D eigenvalue weighted by Gasteiger charge is -2.38. The van der Waals surface area contributed by atoms with Gasteiger partial charge >= 0.3 is 0 Å². The molecule has 1 aromatic heterocycles. The third kappa shape index (κ3) is 3.08. The highest BCUT2D eigenvalue weighted by atomic mass is 16.2. The maximum atomic E-state index is 12.7. The third-order valence-electron chi connectivity index (χ3n) is 5.33. The van der Waals surface area contributed by atoms with Gasteiger partial charge in [0.2, 0.25) is 0 Å². The Hall–Kier alpha value is -2.14. The first-order valence-corrected chi connectivity index (χ1v) is 8.95. The summed E-state index contributed by atoms with van der Waals surface area (Å²) in [5.41, 5.74) is 1.74. The smallest absolute Gasteiger partial charge is 0.253 e. The summed E-state index contributed by atoms with van der Waals surface area (Å²) in [7, 11) is 0. The topological polar surface area (TPSA) is 41.4 Å². The van der Waals surface area contributed by atoms with Gasteiger partial charge in [0.1, 0.15) is 0 Å². The zero-order valence-corrected chi connectivity index (χ0v) is 14.0. The number of carbonyl (C=O) groups excluding carboxylic acids is 1. The first kappa shape index (κ1) is 15.4. The molecule has 0 radical (unpaired) electrons. The highest BCUT2D eigenvalue weighted by Crippen LogP contribution is 2.24. The molecule has 0 bridgehead atoms. The van der Waals surface area contributed by atoms with Crippen molar-refractivity contribution in [1.82, 2.24) is 19.6 Å². The van der Waals surface area contributed by atoms with E-state index < -0.39 is 0 Å². The van der Waals surface area contributed by atoms with E-state index in [1.807, 2.05) is 41.4 Å². The molecule has 5 heteroatoms. The van der Waals surface area contributed by atoms with Crippen molar-refractivity contribution in [3.8, 4) is 5.69 Å². The molecular formula is C19H24N4O. The number of hydrogen-bond donors (Lipinski definition) is 0. The lowest BCUT2D eigenvalue weighted by Crippen LogP contribution is -2.51. The summed E-state index contributed by atoms with van der Waals surface area (Å²) in [5, 5.41) is 4.21. The maximum Gasteiger partial charge on any atom is 0.253 e. The zero-order chi connectivity index (χ0) is 16.4. The van der Waals surface area contributed by atoms with Crippen LogP contribution in [0.5, 0.6) is 0 Å². The standard InChI is InChI=1S/C19H24N4O/c24-19(16-6-8-18(9-7-16)23-11-3-10-20-23)22-14-12-21(13-15-22)17-4-1-2-5-17/h3,6-11,17H,1-2,4-5,12-15H2. The largest absolute Gasteiger partial charge is 0.336 e. The molecule has 0 unspecified atom stereocenters. The van der Waals surface area contributed by atoms with E-state index in [9.17, 15) is 4.79 Å². The fourth-order valence-corrected chi connectivity index (χ4v) is 3.92. The molecule has 5 nitrogen and oxygen atoms in total. The Kier molecular flexibility index (Phi) is 4.34. The van der Waals surface area contributed by atoms with Crippen LogP contribution in [0, 0.1) is 0 Å². The van der Waals surface area contributed by atoms with Crippen LogP contribution < -0.4 is 0 Å². The number of amides is 1. The third-order valence-corrected chi connectivity index (χ3v) is 5.33. The Labute approximate surface area is 142 Å². The molecule has 1 amide bonds. The highest BCUT2D eigenvalue weighted by molar-refractivity contribution is 5.94. The molecule has 2 fully saturated rings. The van der Waals surface area contributed by atoms with E-state index in [0.717, 1.165) is 43.5 Å². The molecule has 0 N–H and O–H groups in total. The van der Waals surface area contributed by atoms with Gasteiger partial charge in [-0.15, -0.1) is 0 Å². The van der Waals surface area contributed by atoms with E-state index >= 15 is 0 Å². The fraction of sp³-hybridized carbons (Fsp3) is 0.474. The van der Waals surface area contributed by atoms with Crippen LogP contribution >= 0.6 is 0 Å². The van der Waals surface area contributed by atoms with Crippen molar-refractivity contribution in [2.75, 3.05) is 26.2 Å². The summed E-state index contributed by atoms with van der Waals surface area (Å²) < 4.78 is 1.80. The molecule has 0 atom stereocenters. The summed E-state index contributed by atoms with van der Waals surface area (Å²) in [4.78, 5) is 17.3. The van der Waals surface area contributed by atoms with Crippen LogP contribution in [0.15, 0.2) is 42.7 Å². The minimum Gasteiger partial charge on any atom is -0.336 e. The van der Waals surface area contributed by atoms with Crippen molar-refractivity contribution in [1.29, 1.82) is 0 Å². The summed E-state index contributed by atoms with van der Waals surface area (Å²) in [6.07, 6.45) is 9.06. The Morgan fingerprint density at radius 1 is 1.00 bits per heavy atom. The van der Waals surface area contributed by atoms with Crippen molar-refractivity contribution in [2.45, 2.75) is 31.7 Å². The molecule has 2 heterocycles. The van der Waals surface area contributed by atoms with Crippen LogP contribution in [0.3, 0.4) is 0 Å². The van der Waals surface area contributed by atoms with Gasteiger partial charge in [-0.1, -0.05) is 12.8 Å². The van der Waals surface area contributed by atoms with Gasteiger partial charge in [0.25, 0.3) is 5.91 Å². The molecule has 1 saturated carbocycles. The Morgan fingerprint density at radius 2 is 1.71 bits per heavy atom. The molecular weight excluding hydrogens is 300 g/mol. The van der Waals surface area contributed by atoms with Gasteiger partial charge < -0.3 is 4.90 Å². The predicted octanol–water partition coefficient (Wildman–Crippen LogP) is 2.57. The number of benzene rings is 1. The normalized spacial score (nSPS) is 19.8. The Balaban J connectivity index is 1.37. The van der Waals surface area contributed by atoms with Crippen LogP contribution in [0.2, 0.25) is 0 Å². The van der Waals surface area contributed by atoms with Crippen molar-refractivity contribution in [2.24, 2.45) is 0 Å². The van der Waals surface area contributed by atoms with Crippen molar-refractivity contribution < 1.29 is 4.79 Å². The first-order chi connectivity index (χ1) is 11.8. The molecule has 2 aromatic rings. The quantitative estimate of drug-likeness (QED) is 0.871. The van der Waals surface area contributed by atoms with E-state index in [0.29, 0.717) is 0 Å². The molecule has 0 spiro atoms. The molecule has 4 rings (SSSR count). The summed E-state index contributed by atoms with van der Waals surface area (Å²) >= 11 is 0. The first-order valence-electron chi connectivity index (χ1n) is 8.95. The number of aromatic nitrogens is 2. The van der Waals surface area contributed by atoms with Crippen molar-refractivity contribution in [3.05, 3.63) is 48.3 Å². The van der Waals surface area contributed by atoms with E-state index in [-0.39, 0.29) is 5.91 Å². The number of rotatable bonds is 3. The van der Waals surface area contributed by atoms with Crippen molar-refractivity contribution >= 4 is 5.91 Å². The van der Waals surface area contributed by atoms with Gasteiger partial charge in [-0.2, -0.15) is 5.10 Å². The monoisotopic (exact) mass is 324 g/mol. The zero-order valence-electron chi connectivity index (χ0n) is 14.0. The lowest BCUT2D eigenvalue weighted by molar-refractivity contribution is 0.0573. The maximum absolute atomic E-state index is 12.7. The second kappa shape index (κ2) is 6.77. The summed E-state index contributed by atoms with van der Waals surface area (Å²) in [6, 6.07) is 10.4. The SMILES string of the molecule is O=C(c1ccc(-n2cccn2)cc1)N1CCN(C2CCCC2)CC1. The predicted molar refractivity (Wildman–Crippen MR) is 93.3 cm³/mol. The number of piperazine rings is 1. The Bertz CT molecular complexity index is 666. The summed E-state index contributed by atoms with van der Waals surface area (Å²) in [5.74, 6) is 0.146. The molecule has 1 aromatic carbocycles. The van der Waals surface area contributed by atoms with Crippen LogP contribution in [0.4, 0.5) is 0 Å².